The Balaban J connectivity index is 1.73. The van der Waals surface area contributed by atoms with Crippen LogP contribution >= 0.6 is 11.3 Å². The number of rotatable bonds is 6. The summed E-state index contributed by atoms with van der Waals surface area (Å²) in [4.78, 5) is 36.8. The fourth-order valence-corrected chi connectivity index (χ4v) is 3.35. The molecule has 0 spiro atoms. The molecule has 3 rings (SSSR count). The van der Waals surface area contributed by atoms with Crippen LogP contribution in [0.5, 0.6) is 0 Å². The Bertz CT molecular complexity index is 1030. The zero-order valence-electron chi connectivity index (χ0n) is 16.0. The van der Waals surface area contributed by atoms with E-state index in [0.717, 1.165) is 10.6 Å². The lowest BCUT2D eigenvalue weighted by Crippen LogP contribution is -2.16. The van der Waals surface area contributed by atoms with Gasteiger partial charge < -0.3 is 15.4 Å². The second-order valence-electron chi connectivity index (χ2n) is 6.34. The lowest BCUT2D eigenvalue weighted by Gasteiger charge is -2.12. The minimum Gasteiger partial charge on any atom is -0.469 e. The van der Waals surface area contributed by atoms with E-state index in [1.807, 2.05) is 11.4 Å². The van der Waals surface area contributed by atoms with E-state index in [1.165, 1.54) is 18.4 Å². The summed E-state index contributed by atoms with van der Waals surface area (Å²) < 4.78 is 4.77. The highest BCUT2D eigenvalue weighted by atomic mass is 32.1. The second-order valence-corrected chi connectivity index (χ2v) is 7.28. The molecule has 2 amide bonds. The molecule has 7 heteroatoms. The number of nitrogens with one attached hydrogen (secondary N) is 2. The predicted molar refractivity (Wildman–Crippen MR) is 114 cm³/mol. The molecule has 148 valence electrons. The summed E-state index contributed by atoms with van der Waals surface area (Å²) in [6.07, 6.45) is 0. The van der Waals surface area contributed by atoms with Gasteiger partial charge in [0.05, 0.1) is 18.0 Å². The molecule has 1 atom stereocenters. The third kappa shape index (κ3) is 5.08. The van der Waals surface area contributed by atoms with Crippen LogP contribution in [0.3, 0.4) is 0 Å². The van der Waals surface area contributed by atoms with Gasteiger partial charge in [-0.1, -0.05) is 18.2 Å². The van der Waals surface area contributed by atoms with Crippen LogP contribution in [0.1, 0.15) is 39.1 Å². The molecule has 2 aromatic carbocycles. The summed E-state index contributed by atoms with van der Waals surface area (Å²) in [6.45, 7) is 1.74. The van der Waals surface area contributed by atoms with Gasteiger partial charge in [0.15, 0.2) is 0 Å². The average molecular weight is 408 g/mol. The molecule has 0 unspecified atom stereocenters. The number of methoxy groups -OCH3 is 1. The maximum absolute atomic E-state index is 12.6. The molecule has 0 bridgehead atoms. The van der Waals surface area contributed by atoms with Crippen molar-refractivity contribution in [1.82, 2.24) is 0 Å². The van der Waals surface area contributed by atoms with Crippen molar-refractivity contribution in [2.45, 2.75) is 12.8 Å². The zero-order valence-corrected chi connectivity index (χ0v) is 16.8. The number of thiophene rings is 1. The molecule has 0 saturated heterocycles. The molecule has 0 fully saturated rings. The molecule has 0 aliphatic rings. The van der Waals surface area contributed by atoms with Gasteiger partial charge in [-0.05, 0) is 60.3 Å². The Hall–Kier alpha value is -3.45. The van der Waals surface area contributed by atoms with Gasteiger partial charge in [-0.25, -0.2) is 0 Å². The van der Waals surface area contributed by atoms with Gasteiger partial charge in [0, 0.05) is 16.8 Å². The molecule has 2 N–H and O–H groups in total. The standard InChI is InChI=1S/C22H20N2O4S/c1-14(22(27)28-2)15-6-4-9-18(13-15)23-20(25)16-7-3-8-17(12-16)21(26)24-19-10-5-11-29-19/h3-14H,1-2H3,(H,23,25)(H,24,26)/t14-/m1/s1. The molecule has 1 aromatic heterocycles. The quantitative estimate of drug-likeness (QED) is 0.587. The third-order valence-electron chi connectivity index (χ3n) is 4.34. The van der Waals surface area contributed by atoms with Gasteiger partial charge in [-0.2, -0.15) is 0 Å². The second kappa shape index (κ2) is 9.16. The van der Waals surface area contributed by atoms with Crippen molar-refractivity contribution in [2.75, 3.05) is 17.7 Å². The smallest absolute Gasteiger partial charge is 0.312 e. The Morgan fingerprint density at radius 3 is 2.24 bits per heavy atom. The van der Waals surface area contributed by atoms with Crippen molar-refractivity contribution in [3.8, 4) is 0 Å². The first-order valence-electron chi connectivity index (χ1n) is 8.92. The minimum absolute atomic E-state index is 0.281. The molecule has 0 aliphatic heterocycles. The molecule has 6 nitrogen and oxygen atoms in total. The predicted octanol–water partition coefficient (Wildman–Crippen LogP) is 4.53. The Labute approximate surface area is 172 Å². The van der Waals surface area contributed by atoms with Gasteiger partial charge in [0.1, 0.15) is 0 Å². The minimum atomic E-state index is -0.443. The number of hydrogen-bond donors (Lipinski definition) is 2. The van der Waals surface area contributed by atoms with Crippen molar-refractivity contribution in [3.63, 3.8) is 0 Å². The van der Waals surface area contributed by atoms with Crippen molar-refractivity contribution in [2.24, 2.45) is 0 Å². The fraction of sp³-hybridized carbons (Fsp3) is 0.136. The van der Waals surface area contributed by atoms with E-state index in [4.69, 9.17) is 4.74 Å². The monoisotopic (exact) mass is 408 g/mol. The van der Waals surface area contributed by atoms with Gasteiger partial charge in [-0.15, -0.1) is 11.3 Å². The fourth-order valence-electron chi connectivity index (χ4n) is 2.74. The molecule has 0 radical (unpaired) electrons. The molecule has 29 heavy (non-hydrogen) atoms. The Morgan fingerprint density at radius 2 is 1.59 bits per heavy atom. The highest BCUT2D eigenvalue weighted by Crippen LogP contribution is 2.21. The first-order chi connectivity index (χ1) is 14.0. The normalized spacial score (nSPS) is 11.4. The average Bonchev–Trinajstić information content (AvgIpc) is 3.26. The number of carbonyl (C=O) groups excluding carboxylic acids is 3. The lowest BCUT2D eigenvalue weighted by atomic mass is 10.0. The third-order valence-corrected chi connectivity index (χ3v) is 5.13. The Morgan fingerprint density at radius 1 is 0.897 bits per heavy atom. The summed E-state index contributed by atoms with van der Waals surface area (Å²) in [7, 11) is 1.34. The van der Waals surface area contributed by atoms with E-state index in [-0.39, 0.29) is 17.8 Å². The number of anilines is 2. The summed E-state index contributed by atoms with van der Waals surface area (Å²) in [5.41, 5.74) is 2.03. The summed E-state index contributed by atoms with van der Waals surface area (Å²) in [5, 5.41) is 8.20. The molecular weight excluding hydrogens is 388 g/mol. The van der Waals surface area contributed by atoms with E-state index < -0.39 is 5.92 Å². The van der Waals surface area contributed by atoms with Crippen LogP contribution in [0.15, 0.2) is 66.0 Å². The lowest BCUT2D eigenvalue weighted by molar-refractivity contribution is -0.141. The van der Waals surface area contributed by atoms with E-state index >= 15 is 0 Å². The van der Waals surface area contributed by atoms with Crippen LogP contribution in [0.2, 0.25) is 0 Å². The maximum atomic E-state index is 12.6. The summed E-state index contributed by atoms with van der Waals surface area (Å²) in [5.74, 6) is -1.42. The number of hydrogen-bond acceptors (Lipinski definition) is 5. The van der Waals surface area contributed by atoms with Crippen molar-refractivity contribution >= 4 is 39.8 Å². The van der Waals surface area contributed by atoms with Crippen LogP contribution < -0.4 is 10.6 Å². The SMILES string of the molecule is COC(=O)[C@H](C)c1cccc(NC(=O)c2cccc(C(=O)Nc3cccs3)c2)c1. The first kappa shape index (κ1) is 20.3. The van der Waals surface area contributed by atoms with Crippen molar-refractivity contribution in [3.05, 3.63) is 82.7 Å². The number of esters is 1. The number of amides is 2. The Kier molecular flexibility index (Phi) is 6.41. The number of benzene rings is 2. The molecular formula is C22H20N2O4S. The van der Waals surface area contributed by atoms with E-state index in [9.17, 15) is 14.4 Å². The molecule has 0 saturated carbocycles. The topological polar surface area (TPSA) is 84.5 Å². The van der Waals surface area contributed by atoms with Gasteiger partial charge in [0.2, 0.25) is 0 Å². The number of ether oxygens (including phenoxy) is 1. The summed E-state index contributed by atoms with van der Waals surface area (Å²) in [6, 6.07) is 17.2. The highest BCUT2D eigenvalue weighted by molar-refractivity contribution is 7.14. The highest BCUT2D eigenvalue weighted by Gasteiger charge is 2.17. The van der Waals surface area contributed by atoms with Crippen molar-refractivity contribution in [1.29, 1.82) is 0 Å². The molecule has 0 aliphatic carbocycles. The van der Waals surface area contributed by atoms with Gasteiger partial charge in [0.25, 0.3) is 11.8 Å². The van der Waals surface area contributed by atoms with E-state index in [0.29, 0.717) is 16.8 Å². The maximum Gasteiger partial charge on any atom is 0.312 e. The molecule has 1 heterocycles. The van der Waals surface area contributed by atoms with Crippen LogP contribution in [0.25, 0.3) is 0 Å². The van der Waals surface area contributed by atoms with Crippen LogP contribution in [-0.2, 0) is 9.53 Å². The summed E-state index contributed by atoms with van der Waals surface area (Å²) >= 11 is 1.42. The zero-order chi connectivity index (χ0) is 20.8. The van der Waals surface area contributed by atoms with E-state index in [1.54, 1.807) is 61.5 Å². The largest absolute Gasteiger partial charge is 0.469 e. The van der Waals surface area contributed by atoms with Crippen LogP contribution in [0, 0.1) is 0 Å². The van der Waals surface area contributed by atoms with Crippen LogP contribution in [0.4, 0.5) is 10.7 Å². The van der Waals surface area contributed by atoms with Crippen LogP contribution in [-0.4, -0.2) is 24.9 Å². The first-order valence-corrected chi connectivity index (χ1v) is 9.80. The van der Waals surface area contributed by atoms with E-state index in [2.05, 4.69) is 10.6 Å². The van der Waals surface area contributed by atoms with Crippen molar-refractivity contribution < 1.29 is 19.1 Å². The number of carbonyl (C=O) groups is 3. The van der Waals surface area contributed by atoms with Gasteiger partial charge >= 0.3 is 5.97 Å². The van der Waals surface area contributed by atoms with Gasteiger partial charge in [-0.3, -0.25) is 14.4 Å². The molecule has 3 aromatic rings.